The lowest BCUT2D eigenvalue weighted by Crippen LogP contribution is -2.50. The molecular formula is C22H27Cl2N5O. The van der Waals surface area contributed by atoms with Crippen molar-refractivity contribution in [2.45, 2.75) is 57.4 Å². The SMILES string of the molecule is CCCN1C(=O)N2CC(Cc3cccc(Cl)c3)N=C2c2[nH]c(C3CCCC3)nc21.Cl. The Morgan fingerprint density at radius 2 is 2.07 bits per heavy atom. The number of carbonyl (C=O) groups excluding carboxylic acids is 1. The Kier molecular flexibility index (Phi) is 6.07. The van der Waals surface area contributed by atoms with Gasteiger partial charge in [-0.15, -0.1) is 12.4 Å². The maximum atomic E-state index is 13.2. The molecule has 0 radical (unpaired) electrons. The lowest BCUT2D eigenvalue weighted by Gasteiger charge is -2.32. The molecule has 0 spiro atoms. The Morgan fingerprint density at radius 1 is 1.27 bits per heavy atom. The van der Waals surface area contributed by atoms with Crippen molar-refractivity contribution in [3.05, 3.63) is 46.4 Å². The highest BCUT2D eigenvalue weighted by molar-refractivity contribution is 6.30. The fourth-order valence-electron chi connectivity index (χ4n) is 4.78. The largest absolute Gasteiger partial charge is 0.337 e. The van der Waals surface area contributed by atoms with Crippen molar-refractivity contribution in [2.24, 2.45) is 4.99 Å². The quantitative estimate of drug-likeness (QED) is 0.686. The zero-order chi connectivity index (χ0) is 20.0. The van der Waals surface area contributed by atoms with Gasteiger partial charge in [0.25, 0.3) is 0 Å². The summed E-state index contributed by atoms with van der Waals surface area (Å²) in [6.45, 7) is 3.36. The first kappa shape index (κ1) is 21.2. The minimum atomic E-state index is -0.00355. The van der Waals surface area contributed by atoms with Crippen molar-refractivity contribution in [2.75, 3.05) is 18.0 Å². The fraction of sp³-hybridized carbons (Fsp3) is 0.500. The van der Waals surface area contributed by atoms with Gasteiger partial charge in [-0.3, -0.25) is 14.8 Å². The number of fused-ring (bicyclic) bond motifs is 3. The van der Waals surface area contributed by atoms with Crippen LogP contribution in [0.4, 0.5) is 10.6 Å². The van der Waals surface area contributed by atoms with Crippen LogP contribution in [0.15, 0.2) is 29.3 Å². The van der Waals surface area contributed by atoms with Crippen LogP contribution < -0.4 is 4.90 Å². The molecule has 0 saturated heterocycles. The van der Waals surface area contributed by atoms with E-state index in [9.17, 15) is 4.79 Å². The molecule has 6 nitrogen and oxygen atoms in total. The number of hydrogen-bond donors (Lipinski definition) is 1. The number of aromatic amines is 1. The summed E-state index contributed by atoms with van der Waals surface area (Å²) in [5.41, 5.74) is 2.05. The molecule has 2 aromatic rings. The molecule has 1 unspecified atom stereocenters. The number of aliphatic imine (C=N–C) groups is 1. The van der Waals surface area contributed by atoms with E-state index >= 15 is 0 Å². The van der Waals surface area contributed by atoms with E-state index in [1.807, 2.05) is 28.0 Å². The minimum Gasteiger partial charge on any atom is -0.337 e. The summed E-state index contributed by atoms with van der Waals surface area (Å²) in [5, 5.41) is 0.730. The number of anilines is 1. The lowest BCUT2D eigenvalue weighted by atomic mass is 10.1. The first-order valence-electron chi connectivity index (χ1n) is 10.7. The zero-order valence-corrected chi connectivity index (χ0v) is 18.7. The van der Waals surface area contributed by atoms with E-state index in [0.717, 1.165) is 46.6 Å². The van der Waals surface area contributed by atoms with Gasteiger partial charge < -0.3 is 4.98 Å². The number of H-pyrrole nitrogens is 1. The van der Waals surface area contributed by atoms with Crippen LogP contribution >= 0.6 is 24.0 Å². The lowest BCUT2D eigenvalue weighted by molar-refractivity contribution is 0.226. The fourth-order valence-corrected chi connectivity index (χ4v) is 5.00. The predicted octanol–water partition coefficient (Wildman–Crippen LogP) is 5.17. The van der Waals surface area contributed by atoms with E-state index in [-0.39, 0.29) is 24.5 Å². The van der Waals surface area contributed by atoms with E-state index in [2.05, 4.69) is 18.0 Å². The van der Waals surface area contributed by atoms with Crippen molar-refractivity contribution in [3.8, 4) is 0 Å². The third-order valence-electron chi connectivity index (χ3n) is 6.15. The van der Waals surface area contributed by atoms with Crippen LogP contribution in [0, 0.1) is 0 Å². The summed E-state index contributed by atoms with van der Waals surface area (Å²) in [6.07, 6.45) is 6.50. The number of benzene rings is 1. The third-order valence-corrected chi connectivity index (χ3v) is 6.38. The minimum absolute atomic E-state index is 0. The summed E-state index contributed by atoms with van der Waals surface area (Å²) < 4.78 is 0. The highest BCUT2D eigenvalue weighted by Crippen LogP contribution is 2.37. The molecule has 1 aromatic carbocycles. The molecule has 0 bridgehead atoms. The Bertz CT molecular complexity index is 966. The number of halogens is 2. The van der Waals surface area contributed by atoms with Crippen LogP contribution in [-0.4, -0.2) is 45.9 Å². The maximum absolute atomic E-state index is 13.2. The molecule has 3 aliphatic rings. The van der Waals surface area contributed by atoms with Crippen molar-refractivity contribution in [3.63, 3.8) is 0 Å². The zero-order valence-electron chi connectivity index (χ0n) is 17.1. The molecule has 5 rings (SSSR count). The van der Waals surface area contributed by atoms with Crippen molar-refractivity contribution in [1.82, 2.24) is 14.9 Å². The number of imidazole rings is 1. The number of rotatable bonds is 5. The van der Waals surface area contributed by atoms with Gasteiger partial charge in [-0.2, -0.15) is 0 Å². The summed E-state index contributed by atoms with van der Waals surface area (Å²) in [4.78, 5) is 30.3. The molecule has 1 aromatic heterocycles. The van der Waals surface area contributed by atoms with Crippen molar-refractivity contribution >= 4 is 41.7 Å². The normalized spacial score (nSPS) is 20.8. The average molecular weight is 448 g/mol. The number of nitrogens with one attached hydrogen (secondary N) is 1. The maximum Gasteiger partial charge on any atom is 0.331 e. The van der Waals surface area contributed by atoms with Crippen molar-refractivity contribution in [1.29, 1.82) is 0 Å². The van der Waals surface area contributed by atoms with Gasteiger partial charge in [0, 0.05) is 17.5 Å². The van der Waals surface area contributed by atoms with Crippen LogP contribution in [0.25, 0.3) is 0 Å². The molecule has 2 aliphatic heterocycles. The van der Waals surface area contributed by atoms with Gasteiger partial charge >= 0.3 is 6.03 Å². The molecule has 2 amide bonds. The van der Waals surface area contributed by atoms with Gasteiger partial charge in [-0.25, -0.2) is 9.78 Å². The van der Waals surface area contributed by atoms with Gasteiger partial charge in [-0.05, 0) is 43.4 Å². The van der Waals surface area contributed by atoms with E-state index in [4.69, 9.17) is 21.6 Å². The van der Waals surface area contributed by atoms with E-state index < -0.39 is 0 Å². The number of urea groups is 1. The van der Waals surface area contributed by atoms with Gasteiger partial charge in [-0.1, -0.05) is 43.5 Å². The molecular weight excluding hydrogens is 421 g/mol. The first-order valence-corrected chi connectivity index (χ1v) is 11.0. The standard InChI is InChI=1S/C22H26ClN5O.ClH/c1-2-10-27-21-18(25-19(26-21)15-7-3-4-8-15)20-24-17(13-28(20)22(27)29)12-14-6-5-9-16(23)11-14;/h5-6,9,11,15,17H,2-4,7-8,10,12-13H2,1H3,(H,25,26);1H. The second-order valence-corrected chi connectivity index (χ2v) is 8.72. The first-order chi connectivity index (χ1) is 14.1. The topological polar surface area (TPSA) is 64.6 Å². The Morgan fingerprint density at radius 3 is 2.80 bits per heavy atom. The Balaban J connectivity index is 0.00000218. The summed E-state index contributed by atoms with van der Waals surface area (Å²) in [5.74, 6) is 3.00. The van der Waals surface area contributed by atoms with Gasteiger partial charge in [0.1, 0.15) is 11.5 Å². The van der Waals surface area contributed by atoms with E-state index in [1.54, 1.807) is 0 Å². The number of amides is 2. The van der Waals surface area contributed by atoms with Crippen molar-refractivity contribution < 1.29 is 4.79 Å². The number of carbonyl (C=O) groups is 1. The molecule has 160 valence electrons. The average Bonchev–Trinajstić information content (AvgIpc) is 3.43. The summed E-state index contributed by atoms with van der Waals surface area (Å²) in [7, 11) is 0. The monoisotopic (exact) mass is 447 g/mol. The molecule has 1 aliphatic carbocycles. The predicted molar refractivity (Wildman–Crippen MR) is 122 cm³/mol. The molecule has 8 heteroatoms. The molecule has 1 N–H and O–H groups in total. The van der Waals surface area contributed by atoms with Gasteiger partial charge in [0.05, 0.1) is 12.6 Å². The molecule has 1 fully saturated rings. The van der Waals surface area contributed by atoms with Gasteiger partial charge in [0.2, 0.25) is 0 Å². The summed E-state index contributed by atoms with van der Waals surface area (Å²) in [6, 6.07) is 7.90. The van der Waals surface area contributed by atoms with Gasteiger partial charge in [0.15, 0.2) is 11.7 Å². The molecule has 1 atom stereocenters. The number of aromatic nitrogens is 2. The van der Waals surface area contributed by atoms with Crippen LogP contribution in [-0.2, 0) is 6.42 Å². The van der Waals surface area contributed by atoms with E-state index in [0.29, 0.717) is 19.0 Å². The van der Waals surface area contributed by atoms with Crippen LogP contribution in [0.1, 0.15) is 62.0 Å². The molecule has 30 heavy (non-hydrogen) atoms. The Hall–Kier alpha value is -2.05. The van der Waals surface area contributed by atoms with E-state index in [1.165, 1.54) is 25.7 Å². The molecule has 1 saturated carbocycles. The summed E-state index contributed by atoms with van der Waals surface area (Å²) >= 11 is 6.14. The highest BCUT2D eigenvalue weighted by atomic mass is 35.5. The number of nitrogens with zero attached hydrogens (tertiary/aromatic N) is 4. The van der Waals surface area contributed by atoms with Crippen LogP contribution in [0.3, 0.4) is 0 Å². The third kappa shape index (κ3) is 3.71. The number of hydrogen-bond acceptors (Lipinski definition) is 3. The second kappa shape index (κ2) is 8.60. The van der Waals surface area contributed by atoms with Crippen LogP contribution in [0.5, 0.6) is 0 Å². The smallest absolute Gasteiger partial charge is 0.331 e. The highest BCUT2D eigenvalue weighted by Gasteiger charge is 2.42. The molecule has 3 heterocycles. The number of amidine groups is 1. The van der Waals surface area contributed by atoms with Crippen LogP contribution in [0.2, 0.25) is 5.02 Å². The Labute approximate surface area is 188 Å². The second-order valence-electron chi connectivity index (χ2n) is 8.29.